The van der Waals surface area contributed by atoms with Gasteiger partial charge in [-0.05, 0) is 79.5 Å². The van der Waals surface area contributed by atoms with E-state index in [0.717, 1.165) is 19.3 Å². The van der Waals surface area contributed by atoms with Crippen LogP contribution in [-0.4, -0.2) is 19.3 Å². The highest BCUT2D eigenvalue weighted by Gasteiger charge is 2.62. The molecule has 4 saturated carbocycles. The zero-order chi connectivity index (χ0) is 21.2. The first-order chi connectivity index (χ1) is 14.1. The summed E-state index contributed by atoms with van der Waals surface area (Å²) in [5.74, 6) is 0.743. The average molecular weight is 446 g/mol. The number of hydrogen-bond acceptors (Lipinski definition) is 5. The number of thiazole rings is 1. The zero-order valence-electron chi connectivity index (χ0n) is 17.3. The summed E-state index contributed by atoms with van der Waals surface area (Å²) in [6, 6.07) is 6.37. The number of nitrogens with zero attached hydrogens (tertiary/aromatic N) is 1. The van der Waals surface area contributed by atoms with Gasteiger partial charge in [0, 0.05) is 17.3 Å². The van der Waals surface area contributed by atoms with Gasteiger partial charge >= 0.3 is 0 Å². The third-order valence-corrected chi connectivity index (χ3v) is 9.36. The molecule has 2 atom stereocenters. The van der Waals surface area contributed by atoms with Crippen LogP contribution >= 0.6 is 11.3 Å². The number of anilines is 2. The average Bonchev–Trinajstić information content (AvgIpc) is 3.11. The monoisotopic (exact) mass is 445 g/mol. The van der Waals surface area contributed by atoms with Crippen molar-refractivity contribution in [2.45, 2.75) is 57.3 Å². The third kappa shape index (κ3) is 3.43. The minimum Gasteiger partial charge on any atom is -0.326 e. The summed E-state index contributed by atoms with van der Waals surface area (Å²) in [7, 11) is -3.70. The van der Waals surface area contributed by atoms with Crippen LogP contribution in [0.4, 0.5) is 10.8 Å². The Kier molecular flexibility index (Phi) is 4.35. The van der Waals surface area contributed by atoms with E-state index >= 15 is 0 Å². The molecule has 8 heteroatoms. The maximum atomic E-state index is 13.4. The largest absolute Gasteiger partial charge is 0.326 e. The number of benzene rings is 1. The molecule has 6 rings (SSSR count). The molecular formula is C22H27N3O3S2. The van der Waals surface area contributed by atoms with Crippen LogP contribution in [0.2, 0.25) is 0 Å². The SMILES string of the molecule is C[C@]12CC3CC(C(=O)Nc4ccc(S(=O)(=O)Nc5nccs5)cc4)(C1)C[C@](C)(C3)C2. The topological polar surface area (TPSA) is 88.2 Å². The van der Waals surface area contributed by atoms with Gasteiger partial charge in [-0.3, -0.25) is 9.52 Å². The van der Waals surface area contributed by atoms with Gasteiger partial charge in [-0.2, -0.15) is 0 Å². The second kappa shape index (κ2) is 6.53. The summed E-state index contributed by atoms with van der Waals surface area (Å²) in [5.41, 5.74) is 0.884. The van der Waals surface area contributed by atoms with Crippen LogP contribution in [-0.2, 0) is 14.8 Å². The summed E-state index contributed by atoms with van der Waals surface area (Å²) in [5, 5.41) is 5.13. The fourth-order valence-electron chi connectivity index (χ4n) is 7.13. The van der Waals surface area contributed by atoms with Crippen molar-refractivity contribution >= 4 is 38.1 Å². The van der Waals surface area contributed by atoms with Gasteiger partial charge in [0.05, 0.1) is 10.3 Å². The number of carbonyl (C=O) groups is 1. The van der Waals surface area contributed by atoms with Crippen molar-refractivity contribution in [3.05, 3.63) is 35.8 Å². The quantitative estimate of drug-likeness (QED) is 0.687. The molecule has 30 heavy (non-hydrogen) atoms. The summed E-state index contributed by atoms with van der Waals surface area (Å²) in [6.07, 6.45) is 8.17. The molecule has 0 radical (unpaired) electrons. The Morgan fingerprint density at radius 1 is 1.07 bits per heavy atom. The molecule has 0 aliphatic heterocycles. The molecular weight excluding hydrogens is 418 g/mol. The summed E-state index contributed by atoms with van der Waals surface area (Å²) in [4.78, 5) is 17.5. The van der Waals surface area contributed by atoms with Gasteiger partial charge in [0.2, 0.25) is 5.91 Å². The van der Waals surface area contributed by atoms with Crippen molar-refractivity contribution in [3.8, 4) is 0 Å². The summed E-state index contributed by atoms with van der Waals surface area (Å²) in [6.45, 7) is 4.71. The Morgan fingerprint density at radius 3 is 2.30 bits per heavy atom. The Hall–Kier alpha value is -1.93. The number of carbonyl (C=O) groups excluding carboxylic acids is 1. The molecule has 6 nitrogen and oxygen atoms in total. The van der Waals surface area contributed by atoms with Crippen LogP contribution in [0, 0.1) is 22.2 Å². The molecule has 2 N–H and O–H groups in total. The van der Waals surface area contributed by atoms with Gasteiger partial charge in [-0.1, -0.05) is 13.8 Å². The maximum absolute atomic E-state index is 13.4. The van der Waals surface area contributed by atoms with Crippen LogP contribution in [0.1, 0.15) is 52.4 Å². The van der Waals surface area contributed by atoms with Gasteiger partial charge < -0.3 is 5.32 Å². The van der Waals surface area contributed by atoms with E-state index < -0.39 is 10.0 Å². The lowest BCUT2D eigenvalue weighted by atomic mass is 9.40. The first-order valence-corrected chi connectivity index (χ1v) is 12.8. The second-order valence-electron chi connectivity index (χ2n) is 10.3. The van der Waals surface area contributed by atoms with Gasteiger partial charge in [0.1, 0.15) is 0 Å². The maximum Gasteiger partial charge on any atom is 0.263 e. The van der Waals surface area contributed by atoms with Gasteiger partial charge in [0.25, 0.3) is 10.0 Å². The molecule has 1 heterocycles. The van der Waals surface area contributed by atoms with Crippen LogP contribution in [0.25, 0.3) is 0 Å². The number of sulfonamides is 1. The first-order valence-electron chi connectivity index (χ1n) is 10.4. The second-order valence-corrected chi connectivity index (χ2v) is 12.9. The van der Waals surface area contributed by atoms with E-state index in [4.69, 9.17) is 0 Å². The predicted molar refractivity (Wildman–Crippen MR) is 118 cm³/mol. The Morgan fingerprint density at radius 2 is 1.73 bits per heavy atom. The molecule has 4 aliphatic carbocycles. The number of amides is 1. The third-order valence-electron chi connectivity index (χ3n) is 7.18. The molecule has 1 amide bonds. The molecule has 160 valence electrons. The smallest absolute Gasteiger partial charge is 0.263 e. The fourth-order valence-corrected chi connectivity index (χ4v) is 8.92. The van der Waals surface area contributed by atoms with E-state index in [1.165, 1.54) is 42.7 Å². The van der Waals surface area contributed by atoms with Crippen molar-refractivity contribution in [1.29, 1.82) is 0 Å². The highest BCUT2D eigenvalue weighted by atomic mass is 32.2. The number of nitrogens with one attached hydrogen (secondary N) is 2. The first kappa shape index (κ1) is 20.0. The minimum absolute atomic E-state index is 0.0977. The van der Waals surface area contributed by atoms with Gasteiger partial charge in [-0.15, -0.1) is 11.3 Å². The van der Waals surface area contributed by atoms with Crippen molar-refractivity contribution in [2.75, 3.05) is 10.0 Å². The van der Waals surface area contributed by atoms with E-state index in [-0.39, 0.29) is 27.0 Å². The van der Waals surface area contributed by atoms with E-state index in [1.807, 2.05) is 0 Å². The molecule has 4 bridgehead atoms. The lowest BCUT2D eigenvalue weighted by Crippen LogP contribution is -2.58. The Labute approximate surface area is 181 Å². The van der Waals surface area contributed by atoms with E-state index in [2.05, 4.69) is 28.9 Å². The van der Waals surface area contributed by atoms with Crippen LogP contribution in [0.15, 0.2) is 40.7 Å². The highest BCUT2D eigenvalue weighted by Crippen LogP contribution is 2.69. The predicted octanol–water partition coefficient (Wildman–Crippen LogP) is 4.88. The Bertz CT molecular complexity index is 1060. The zero-order valence-corrected chi connectivity index (χ0v) is 18.9. The van der Waals surface area contributed by atoms with Crippen LogP contribution in [0.5, 0.6) is 0 Å². The number of rotatable bonds is 5. The van der Waals surface area contributed by atoms with Crippen LogP contribution < -0.4 is 10.0 Å². The molecule has 2 aromatic rings. The summed E-state index contributed by atoms with van der Waals surface area (Å²) >= 11 is 1.22. The molecule has 1 aromatic carbocycles. The van der Waals surface area contributed by atoms with Gasteiger partial charge in [0.15, 0.2) is 5.13 Å². The molecule has 0 spiro atoms. The standard InChI is InChI=1S/C22H27N3O3S2/c1-20-9-15-10-21(2,12-20)14-22(11-15,13-20)18(26)24-16-3-5-17(6-4-16)30(27,28)25-19-23-7-8-29-19/h3-8,15H,9-14H2,1-2H3,(H,23,25)(H,24,26)/t15?,20-,21-,22?/m1/s1. The lowest BCUT2D eigenvalue weighted by Gasteiger charge is -2.64. The molecule has 4 fully saturated rings. The minimum atomic E-state index is -3.70. The van der Waals surface area contributed by atoms with E-state index in [9.17, 15) is 13.2 Å². The molecule has 4 aliphatic rings. The fraction of sp³-hybridized carbons (Fsp3) is 0.545. The normalized spacial score (nSPS) is 34.7. The van der Waals surface area contributed by atoms with E-state index in [1.54, 1.807) is 23.7 Å². The van der Waals surface area contributed by atoms with E-state index in [0.29, 0.717) is 16.7 Å². The lowest BCUT2D eigenvalue weighted by molar-refractivity contribution is -0.165. The number of aromatic nitrogens is 1. The summed E-state index contributed by atoms with van der Waals surface area (Å²) < 4.78 is 27.5. The number of hydrogen-bond donors (Lipinski definition) is 2. The van der Waals surface area contributed by atoms with Crippen molar-refractivity contribution in [2.24, 2.45) is 22.2 Å². The van der Waals surface area contributed by atoms with Crippen molar-refractivity contribution < 1.29 is 13.2 Å². The Balaban J connectivity index is 1.32. The van der Waals surface area contributed by atoms with Crippen LogP contribution in [0.3, 0.4) is 0 Å². The van der Waals surface area contributed by atoms with Crippen molar-refractivity contribution in [1.82, 2.24) is 4.98 Å². The van der Waals surface area contributed by atoms with Crippen molar-refractivity contribution in [3.63, 3.8) is 0 Å². The van der Waals surface area contributed by atoms with Gasteiger partial charge in [-0.25, -0.2) is 13.4 Å². The molecule has 0 unspecified atom stereocenters. The molecule has 1 aromatic heterocycles. The highest BCUT2D eigenvalue weighted by molar-refractivity contribution is 7.93. The molecule has 0 saturated heterocycles.